The highest BCUT2D eigenvalue weighted by Gasteiger charge is 2.45. The topological polar surface area (TPSA) is 98.4 Å². The number of fused-ring (bicyclic) bond motifs is 3. The van der Waals surface area contributed by atoms with E-state index in [-0.39, 0.29) is 18.0 Å². The Morgan fingerprint density at radius 3 is 2.74 bits per heavy atom. The SMILES string of the molecule is CC1CNCCN1c1cc(OCC23CCCN2CCC3)nc2c(C3=CC(O)(O)Cc4ccccc43)cnn12. The Morgan fingerprint density at radius 1 is 1.11 bits per heavy atom. The van der Waals surface area contributed by atoms with Gasteiger partial charge in [-0.3, -0.25) is 4.90 Å². The zero-order valence-corrected chi connectivity index (χ0v) is 21.9. The fourth-order valence-electron chi connectivity index (χ4n) is 7.04. The first-order chi connectivity index (χ1) is 18.4. The number of rotatable bonds is 5. The summed E-state index contributed by atoms with van der Waals surface area (Å²) in [6.07, 6.45) is 8.27. The molecule has 3 fully saturated rings. The van der Waals surface area contributed by atoms with Crippen molar-refractivity contribution in [3.63, 3.8) is 0 Å². The summed E-state index contributed by atoms with van der Waals surface area (Å²) in [7, 11) is 0. The van der Waals surface area contributed by atoms with Crippen molar-refractivity contribution >= 4 is 17.0 Å². The van der Waals surface area contributed by atoms with Crippen LogP contribution in [0.3, 0.4) is 0 Å². The van der Waals surface area contributed by atoms with Crippen molar-refractivity contribution in [2.24, 2.45) is 0 Å². The molecule has 7 rings (SSSR count). The summed E-state index contributed by atoms with van der Waals surface area (Å²) in [4.78, 5) is 9.95. The summed E-state index contributed by atoms with van der Waals surface area (Å²) in [5, 5.41) is 29.6. The molecule has 3 saturated heterocycles. The lowest BCUT2D eigenvalue weighted by molar-refractivity contribution is -0.116. The summed E-state index contributed by atoms with van der Waals surface area (Å²) in [6, 6.07) is 10.2. The van der Waals surface area contributed by atoms with Gasteiger partial charge in [0.1, 0.15) is 12.4 Å². The van der Waals surface area contributed by atoms with E-state index < -0.39 is 5.79 Å². The zero-order valence-electron chi connectivity index (χ0n) is 21.9. The molecule has 2 aromatic heterocycles. The van der Waals surface area contributed by atoms with Gasteiger partial charge < -0.3 is 25.2 Å². The number of nitrogens with one attached hydrogen (secondary N) is 1. The van der Waals surface area contributed by atoms with Crippen molar-refractivity contribution in [1.29, 1.82) is 0 Å². The van der Waals surface area contributed by atoms with E-state index in [0.717, 1.165) is 60.8 Å². The second kappa shape index (κ2) is 9.05. The molecule has 0 saturated carbocycles. The molecule has 1 aromatic carbocycles. The van der Waals surface area contributed by atoms with Crippen LogP contribution in [0.2, 0.25) is 0 Å². The molecule has 200 valence electrons. The van der Waals surface area contributed by atoms with Gasteiger partial charge in [-0.25, -0.2) is 0 Å². The van der Waals surface area contributed by atoms with Crippen LogP contribution < -0.4 is 15.0 Å². The number of hydrogen-bond donors (Lipinski definition) is 3. The number of aromatic nitrogens is 3. The van der Waals surface area contributed by atoms with Gasteiger partial charge in [-0.15, -0.1) is 0 Å². The fraction of sp³-hybridized carbons (Fsp3) is 0.517. The van der Waals surface area contributed by atoms with Gasteiger partial charge in [0.2, 0.25) is 5.88 Å². The molecule has 3 N–H and O–H groups in total. The van der Waals surface area contributed by atoms with Crippen LogP contribution >= 0.6 is 0 Å². The maximum atomic E-state index is 10.7. The maximum Gasteiger partial charge on any atom is 0.219 e. The average molecular weight is 517 g/mol. The average Bonchev–Trinajstić information content (AvgIpc) is 3.61. The number of piperazine rings is 1. The van der Waals surface area contributed by atoms with Gasteiger partial charge in [0.25, 0.3) is 0 Å². The molecular weight excluding hydrogens is 480 g/mol. The molecule has 1 aliphatic carbocycles. The van der Waals surface area contributed by atoms with Crippen molar-refractivity contribution in [3.05, 3.63) is 59.3 Å². The Hall–Kier alpha value is -2.98. The van der Waals surface area contributed by atoms with Crippen LogP contribution in [-0.2, 0) is 6.42 Å². The summed E-state index contributed by atoms with van der Waals surface area (Å²) in [5.41, 5.74) is 4.14. The quantitative estimate of drug-likeness (QED) is 0.444. The van der Waals surface area contributed by atoms with Crippen molar-refractivity contribution in [1.82, 2.24) is 24.8 Å². The minimum atomic E-state index is -1.94. The van der Waals surface area contributed by atoms with Crippen LogP contribution in [0.4, 0.5) is 5.82 Å². The van der Waals surface area contributed by atoms with Gasteiger partial charge in [-0.2, -0.15) is 14.6 Å². The first kappa shape index (κ1) is 24.1. The van der Waals surface area contributed by atoms with Crippen LogP contribution in [0, 0.1) is 0 Å². The van der Waals surface area contributed by atoms with Crippen molar-refractivity contribution in [3.8, 4) is 5.88 Å². The van der Waals surface area contributed by atoms with Gasteiger partial charge >= 0.3 is 0 Å². The molecule has 0 bridgehead atoms. The van der Waals surface area contributed by atoms with E-state index in [2.05, 4.69) is 22.0 Å². The number of hydrogen-bond acceptors (Lipinski definition) is 8. The fourth-order valence-corrected chi connectivity index (χ4v) is 7.04. The maximum absolute atomic E-state index is 10.7. The van der Waals surface area contributed by atoms with Crippen LogP contribution in [0.25, 0.3) is 11.2 Å². The van der Waals surface area contributed by atoms with Crippen LogP contribution in [0.15, 0.2) is 42.6 Å². The standard InChI is InChI=1S/C29H36N6O3/c1-20-17-30-10-13-34(20)26-14-25(38-19-28-8-4-11-33(28)12-5-9-28)32-27-24(18-31-35(26)27)23-16-29(36,37)15-21-6-2-3-7-22(21)23/h2-3,6-7,14,16,18,20,30,36-37H,4-5,8-13,15,17,19H2,1H3. The molecule has 0 spiro atoms. The van der Waals surface area contributed by atoms with Gasteiger partial charge in [-0.05, 0) is 68.5 Å². The third-order valence-corrected chi connectivity index (χ3v) is 8.95. The first-order valence-corrected chi connectivity index (χ1v) is 13.9. The number of ether oxygens (including phenoxy) is 1. The highest BCUT2D eigenvalue weighted by atomic mass is 16.5. The molecule has 5 heterocycles. The van der Waals surface area contributed by atoms with E-state index in [9.17, 15) is 10.2 Å². The molecule has 4 aliphatic rings. The first-order valence-electron chi connectivity index (χ1n) is 13.9. The van der Waals surface area contributed by atoms with Crippen LogP contribution in [0.1, 0.15) is 49.3 Å². The molecule has 1 atom stereocenters. The second-order valence-electron chi connectivity index (χ2n) is 11.5. The molecule has 3 aliphatic heterocycles. The Morgan fingerprint density at radius 2 is 1.92 bits per heavy atom. The summed E-state index contributed by atoms with van der Waals surface area (Å²) >= 11 is 0. The predicted molar refractivity (Wildman–Crippen MR) is 145 cm³/mol. The lowest BCUT2D eigenvalue weighted by Crippen LogP contribution is -2.50. The zero-order chi connectivity index (χ0) is 25.9. The van der Waals surface area contributed by atoms with Crippen LogP contribution in [0.5, 0.6) is 5.88 Å². The molecule has 38 heavy (non-hydrogen) atoms. The summed E-state index contributed by atoms with van der Waals surface area (Å²) in [6.45, 7) is 7.80. The Bertz CT molecular complexity index is 1390. The highest BCUT2D eigenvalue weighted by Crippen LogP contribution is 2.40. The van der Waals surface area contributed by atoms with E-state index in [1.165, 1.54) is 31.8 Å². The van der Waals surface area contributed by atoms with Gasteiger partial charge in [-0.1, -0.05) is 24.3 Å². The molecule has 9 heteroatoms. The second-order valence-corrected chi connectivity index (χ2v) is 11.5. The third-order valence-electron chi connectivity index (χ3n) is 8.95. The highest BCUT2D eigenvalue weighted by molar-refractivity contribution is 5.89. The van der Waals surface area contributed by atoms with Crippen molar-refractivity contribution in [2.45, 2.75) is 56.4 Å². The molecule has 0 radical (unpaired) electrons. The Balaban J connectivity index is 1.34. The minimum Gasteiger partial charge on any atom is -0.476 e. The summed E-state index contributed by atoms with van der Waals surface area (Å²) in [5.74, 6) is -0.395. The minimum absolute atomic E-state index is 0.123. The largest absolute Gasteiger partial charge is 0.476 e. The van der Waals surface area contributed by atoms with E-state index in [4.69, 9.17) is 14.8 Å². The third kappa shape index (κ3) is 4.00. The molecule has 9 nitrogen and oxygen atoms in total. The van der Waals surface area contributed by atoms with Gasteiger partial charge in [0.15, 0.2) is 11.4 Å². The Kier molecular flexibility index (Phi) is 5.74. The lowest BCUT2D eigenvalue weighted by atomic mass is 9.85. The lowest BCUT2D eigenvalue weighted by Gasteiger charge is -2.36. The monoisotopic (exact) mass is 516 g/mol. The number of aliphatic hydroxyl groups is 2. The summed E-state index contributed by atoms with van der Waals surface area (Å²) < 4.78 is 8.42. The predicted octanol–water partition coefficient (Wildman–Crippen LogP) is 2.20. The molecular formula is C29H36N6O3. The smallest absolute Gasteiger partial charge is 0.219 e. The van der Waals surface area contributed by atoms with E-state index in [1.54, 1.807) is 6.20 Å². The van der Waals surface area contributed by atoms with Crippen molar-refractivity contribution < 1.29 is 14.9 Å². The number of benzene rings is 1. The molecule has 3 aromatic rings. The van der Waals surface area contributed by atoms with E-state index in [0.29, 0.717) is 18.1 Å². The van der Waals surface area contributed by atoms with Crippen molar-refractivity contribution in [2.75, 3.05) is 44.2 Å². The van der Waals surface area contributed by atoms with E-state index >= 15 is 0 Å². The van der Waals surface area contributed by atoms with Gasteiger partial charge in [0, 0.05) is 43.7 Å². The normalized spacial score (nSPS) is 24.3. The van der Waals surface area contributed by atoms with Crippen LogP contribution in [-0.4, -0.2) is 86.4 Å². The number of anilines is 1. The van der Waals surface area contributed by atoms with Gasteiger partial charge in [0.05, 0.1) is 11.7 Å². The molecule has 0 amide bonds. The molecule has 1 unspecified atom stereocenters. The number of nitrogens with zero attached hydrogens (tertiary/aromatic N) is 5. The van der Waals surface area contributed by atoms with E-state index in [1.807, 2.05) is 34.8 Å². The Labute approximate surface area is 222 Å².